The van der Waals surface area contributed by atoms with Crippen molar-refractivity contribution in [3.05, 3.63) is 24.0 Å². The molecule has 1 aliphatic rings. The molecule has 5 nitrogen and oxygen atoms in total. The maximum Gasteiger partial charge on any atom is 0.0667 e. The van der Waals surface area contributed by atoms with Crippen LogP contribution in [0.2, 0.25) is 0 Å². The van der Waals surface area contributed by atoms with Gasteiger partial charge in [-0.05, 0) is 31.5 Å². The van der Waals surface area contributed by atoms with Gasteiger partial charge in [0.2, 0.25) is 0 Å². The molecular weight excluding hydrogens is 204 g/mol. The molecule has 0 radical (unpaired) electrons. The van der Waals surface area contributed by atoms with Crippen LogP contribution in [0.3, 0.4) is 0 Å². The van der Waals surface area contributed by atoms with Crippen molar-refractivity contribution in [2.75, 3.05) is 18.5 Å². The number of aliphatic hydroxyl groups excluding tert-OH is 1. The van der Waals surface area contributed by atoms with Gasteiger partial charge in [0.25, 0.3) is 0 Å². The lowest BCUT2D eigenvalue weighted by molar-refractivity contribution is 0.0662. The molecule has 2 rings (SSSR count). The van der Waals surface area contributed by atoms with Crippen LogP contribution in [-0.2, 0) is 6.54 Å². The summed E-state index contributed by atoms with van der Waals surface area (Å²) in [5.74, 6) is 5.34. The first kappa shape index (κ1) is 11.3. The molecule has 2 heterocycles. The normalized spacial score (nSPS) is 22.0. The standard InChI is InChI=1S/C11H18N4O/c12-14-9-3-4-13-10(6-9)7-15-5-1-2-11(16)8-15/h3-4,6,11,16H,1-2,5,7-8,12H2,(H,13,14). The second-order valence-corrected chi connectivity index (χ2v) is 4.21. The fourth-order valence-electron chi connectivity index (χ4n) is 2.06. The number of hydrazine groups is 1. The molecule has 1 unspecified atom stereocenters. The highest BCUT2D eigenvalue weighted by molar-refractivity contribution is 5.41. The lowest BCUT2D eigenvalue weighted by atomic mass is 10.1. The van der Waals surface area contributed by atoms with Crippen LogP contribution >= 0.6 is 0 Å². The third kappa shape index (κ3) is 2.91. The van der Waals surface area contributed by atoms with E-state index in [9.17, 15) is 5.11 Å². The number of piperidine rings is 1. The van der Waals surface area contributed by atoms with Crippen LogP contribution in [-0.4, -0.2) is 34.2 Å². The van der Waals surface area contributed by atoms with E-state index >= 15 is 0 Å². The van der Waals surface area contributed by atoms with Gasteiger partial charge in [0, 0.05) is 19.3 Å². The maximum absolute atomic E-state index is 9.56. The lowest BCUT2D eigenvalue weighted by Crippen LogP contribution is -2.37. The Morgan fingerprint density at radius 1 is 1.62 bits per heavy atom. The predicted octanol–water partition coefficient (Wildman–Crippen LogP) is 0.324. The van der Waals surface area contributed by atoms with E-state index in [0.717, 1.165) is 43.9 Å². The minimum absolute atomic E-state index is 0.190. The highest BCUT2D eigenvalue weighted by atomic mass is 16.3. The predicted molar refractivity (Wildman–Crippen MR) is 62.6 cm³/mol. The van der Waals surface area contributed by atoms with Crippen molar-refractivity contribution in [2.45, 2.75) is 25.5 Å². The molecule has 4 N–H and O–H groups in total. The van der Waals surface area contributed by atoms with Gasteiger partial charge in [-0.3, -0.25) is 15.7 Å². The van der Waals surface area contributed by atoms with E-state index in [4.69, 9.17) is 5.84 Å². The third-order valence-corrected chi connectivity index (χ3v) is 2.85. The summed E-state index contributed by atoms with van der Waals surface area (Å²) in [6.45, 7) is 2.54. The number of nitrogen functional groups attached to an aromatic ring is 1. The first-order valence-electron chi connectivity index (χ1n) is 5.60. The van der Waals surface area contributed by atoms with Crippen molar-refractivity contribution in [3.8, 4) is 0 Å². The van der Waals surface area contributed by atoms with Gasteiger partial charge in [-0.1, -0.05) is 0 Å². The largest absolute Gasteiger partial charge is 0.392 e. The Kier molecular flexibility index (Phi) is 3.71. The van der Waals surface area contributed by atoms with Gasteiger partial charge in [0.05, 0.1) is 17.5 Å². The van der Waals surface area contributed by atoms with E-state index in [2.05, 4.69) is 15.3 Å². The third-order valence-electron chi connectivity index (χ3n) is 2.85. The van der Waals surface area contributed by atoms with E-state index in [-0.39, 0.29) is 6.10 Å². The van der Waals surface area contributed by atoms with Crippen molar-refractivity contribution in [1.82, 2.24) is 9.88 Å². The molecule has 0 amide bonds. The van der Waals surface area contributed by atoms with Crippen molar-refractivity contribution in [2.24, 2.45) is 5.84 Å². The monoisotopic (exact) mass is 222 g/mol. The number of likely N-dealkylation sites (tertiary alicyclic amines) is 1. The number of β-amino-alcohol motifs (C(OH)–C–C–N with tert-alkyl or cyclic N) is 1. The number of anilines is 1. The van der Waals surface area contributed by atoms with Gasteiger partial charge in [0.1, 0.15) is 0 Å². The van der Waals surface area contributed by atoms with Crippen molar-refractivity contribution in [3.63, 3.8) is 0 Å². The number of hydrogen-bond donors (Lipinski definition) is 3. The summed E-state index contributed by atoms with van der Waals surface area (Å²) >= 11 is 0. The SMILES string of the molecule is NNc1ccnc(CN2CCCC(O)C2)c1. The summed E-state index contributed by atoms with van der Waals surface area (Å²) in [5.41, 5.74) is 4.45. The van der Waals surface area contributed by atoms with Gasteiger partial charge in [0.15, 0.2) is 0 Å². The van der Waals surface area contributed by atoms with E-state index in [1.165, 1.54) is 0 Å². The topological polar surface area (TPSA) is 74.4 Å². The molecule has 1 aromatic rings. The lowest BCUT2D eigenvalue weighted by Gasteiger charge is -2.29. The average molecular weight is 222 g/mol. The van der Waals surface area contributed by atoms with Gasteiger partial charge in [-0.15, -0.1) is 0 Å². The zero-order valence-corrected chi connectivity index (χ0v) is 9.26. The Balaban J connectivity index is 1.97. The number of hydrogen-bond acceptors (Lipinski definition) is 5. The molecule has 0 spiro atoms. The molecular formula is C11H18N4O. The molecule has 1 saturated heterocycles. The zero-order valence-electron chi connectivity index (χ0n) is 9.26. The Bertz CT molecular complexity index is 345. The van der Waals surface area contributed by atoms with Crippen molar-refractivity contribution >= 4 is 5.69 Å². The van der Waals surface area contributed by atoms with E-state index in [1.807, 2.05) is 12.1 Å². The number of rotatable bonds is 3. The van der Waals surface area contributed by atoms with Crippen LogP contribution in [0, 0.1) is 0 Å². The summed E-state index contributed by atoms with van der Waals surface area (Å²) in [5, 5.41) is 9.56. The number of nitrogens with two attached hydrogens (primary N) is 1. The van der Waals surface area contributed by atoms with E-state index in [1.54, 1.807) is 6.20 Å². The van der Waals surface area contributed by atoms with Gasteiger partial charge in [-0.25, -0.2) is 0 Å². The zero-order chi connectivity index (χ0) is 11.4. The molecule has 0 bridgehead atoms. The molecule has 0 aromatic carbocycles. The molecule has 1 atom stereocenters. The van der Waals surface area contributed by atoms with Crippen molar-refractivity contribution < 1.29 is 5.11 Å². The Hall–Kier alpha value is -1.17. The van der Waals surface area contributed by atoms with Gasteiger partial charge >= 0.3 is 0 Å². The number of pyridine rings is 1. The van der Waals surface area contributed by atoms with E-state index < -0.39 is 0 Å². The molecule has 0 saturated carbocycles. The molecule has 88 valence electrons. The number of nitrogens with one attached hydrogen (secondary N) is 1. The van der Waals surface area contributed by atoms with Crippen molar-refractivity contribution in [1.29, 1.82) is 0 Å². The summed E-state index contributed by atoms with van der Waals surface area (Å²) in [7, 11) is 0. The molecule has 1 fully saturated rings. The Labute approximate surface area is 95.2 Å². The van der Waals surface area contributed by atoms with Crippen LogP contribution < -0.4 is 11.3 Å². The van der Waals surface area contributed by atoms with E-state index in [0.29, 0.717) is 0 Å². The smallest absolute Gasteiger partial charge is 0.0667 e. The second-order valence-electron chi connectivity index (χ2n) is 4.21. The van der Waals surface area contributed by atoms with Crippen LogP contribution in [0.15, 0.2) is 18.3 Å². The average Bonchev–Trinajstić information content (AvgIpc) is 2.29. The first-order valence-corrected chi connectivity index (χ1v) is 5.60. The molecule has 0 aliphatic carbocycles. The number of aliphatic hydroxyl groups is 1. The minimum Gasteiger partial charge on any atom is -0.392 e. The fourth-order valence-corrected chi connectivity index (χ4v) is 2.06. The van der Waals surface area contributed by atoms with Gasteiger partial charge < -0.3 is 10.5 Å². The number of aromatic nitrogens is 1. The highest BCUT2D eigenvalue weighted by Crippen LogP contribution is 2.14. The van der Waals surface area contributed by atoms with Gasteiger partial charge in [-0.2, -0.15) is 0 Å². The highest BCUT2D eigenvalue weighted by Gasteiger charge is 2.17. The maximum atomic E-state index is 9.56. The summed E-state index contributed by atoms with van der Waals surface area (Å²) < 4.78 is 0. The molecule has 1 aliphatic heterocycles. The second kappa shape index (κ2) is 5.25. The molecule has 1 aromatic heterocycles. The van der Waals surface area contributed by atoms with Crippen LogP contribution in [0.4, 0.5) is 5.69 Å². The molecule has 5 heteroatoms. The fraction of sp³-hybridized carbons (Fsp3) is 0.545. The molecule has 16 heavy (non-hydrogen) atoms. The Morgan fingerprint density at radius 2 is 2.50 bits per heavy atom. The summed E-state index contributed by atoms with van der Waals surface area (Å²) in [6.07, 6.45) is 3.51. The quantitative estimate of drug-likeness (QED) is 0.507. The number of nitrogens with zero attached hydrogens (tertiary/aromatic N) is 2. The summed E-state index contributed by atoms with van der Waals surface area (Å²) in [4.78, 5) is 6.51. The Morgan fingerprint density at radius 3 is 3.25 bits per heavy atom. The van der Waals surface area contributed by atoms with Crippen LogP contribution in [0.5, 0.6) is 0 Å². The summed E-state index contributed by atoms with van der Waals surface area (Å²) in [6, 6.07) is 3.76. The first-order chi connectivity index (χ1) is 7.78. The minimum atomic E-state index is -0.190. The van der Waals surface area contributed by atoms with Crippen LogP contribution in [0.1, 0.15) is 18.5 Å². The van der Waals surface area contributed by atoms with Crippen LogP contribution in [0.25, 0.3) is 0 Å².